The Balaban J connectivity index is 2.18. The van der Waals surface area contributed by atoms with Gasteiger partial charge in [-0.15, -0.1) is 0 Å². The SMILES string of the molecule is CCn1cccc1C(=O)N1CC(CO)OC(C)(C)C1. The molecule has 1 fully saturated rings. The third kappa shape index (κ3) is 2.98. The Morgan fingerprint density at radius 3 is 2.95 bits per heavy atom. The van der Waals surface area contributed by atoms with Gasteiger partial charge in [-0.1, -0.05) is 0 Å². The van der Waals surface area contributed by atoms with Gasteiger partial charge in [0, 0.05) is 25.8 Å². The Labute approximate surface area is 113 Å². The molecule has 0 radical (unpaired) electrons. The summed E-state index contributed by atoms with van der Waals surface area (Å²) in [5, 5.41) is 9.29. The van der Waals surface area contributed by atoms with Crippen LogP contribution in [0.4, 0.5) is 0 Å². The molecule has 1 atom stereocenters. The minimum Gasteiger partial charge on any atom is -0.394 e. The number of hydrogen-bond donors (Lipinski definition) is 1. The number of carbonyl (C=O) groups is 1. The van der Waals surface area contributed by atoms with Crippen LogP contribution < -0.4 is 0 Å². The number of aliphatic hydroxyl groups is 1. The van der Waals surface area contributed by atoms with Gasteiger partial charge >= 0.3 is 0 Å². The second-order valence-electron chi connectivity index (χ2n) is 5.55. The molecule has 5 nitrogen and oxygen atoms in total. The van der Waals surface area contributed by atoms with Gasteiger partial charge < -0.3 is 19.3 Å². The first-order valence-corrected chi connectivity index (χ1v) is 6.70. The van der Waals surface area contributed by atoms with Crippen LogP contribution in [0.1, 0.15) is 31.3 Å². The molecule has 0 bridgehead atoms. The van der Waals surface area contributed by atoms with Crippen molar-refractivity contribution in [3.63, 3.8) is 0 Å². The zero-order valence-electron chi connectivity index (χ0n) is 11.8. The number of aromatic nitrogens is 1. The first-order valence-electron chi connectivity index (χ1n) is 6.70. The number of ether oxygens (including phenoxy) is 1. The molecule has 1 aliphatic heterocycles. The van der Waals surface area contributed by atoms with Crippen molar-refractivity contribution >= 4 is 5.91 Å². The van der Waals surface area contributed by atoms with E-state index in [1.165, 1.54) is 0 Å². The van der Waals surface area contributed by atoms with Gasteiger partial charge in [-0.05, 0) is 32.9 Å². The predicted molar refractivity (Wildman–Crippen MR) is 72.0 cm³/mol. The zero-order chi connectivity index (χ0) is 14.0. The quantitative estimate of drug-likeness (QED) is 0.892. The Bertz CT molecular complexity index is 453. The van der Waals surface area contributed by atoms with Crippen molar-refractivity contribution in [1.29, 1.82) is 0 Å². The third-order valence-corrected chi connectivity index (χ3v) is 3.36. The summed E-state index contributed by atoms with van der Waals surface area (Å²) in [7, 11) is 0. The fourth-order valence-corrected chi connectivity index (χ4v) is 2.59. The minimum atomic E-state index is -0.426. The first kappa shape index (κ1) is 14.1. The fraction of sp³-hybridized carbons (Fsp3) is 0.643. The summed E-state index contributed by atoms with van der Waals surface area (Å²) in [5.41, 5.74) is 0.266. The third-order valence-electron chi connectivity index (χ3n) is 3.36. The summed E-state index contributed by atoms with van der Waals surface area (Å²) in [6, 6.07) is 3.72. The molecule has 1 N–H and O–H groups in total. The summed E-state index contributed by atoms with van der Waals surface area (Å²) in [6.45, 7) is 7.57. The van der Waals surface area contributed by atoms with Crippen LogP contribution in [0.25, 0.3) is 0 Å². The second kappa shape index (κ2) is 5.35. The number of nitrogens with zero attached hydrogens (tertiary/aromatic N) is 2. The molecule has 5 heteroatoms. The summed E-state index contributed by atoms with van der Waals surface area (Å²) in [6.07, 6.45) is 1.60. The average molecular weight is 266 g/mol. The highest BCUT2D eigenvalue weighted by atomic mass is 16.5. The van der Waals surface area contributed by atoms with Crippen LogP contribution in [0.15, 0.2) is 18.3 Å². The summed E-state index contributed by atoms with van der Waals surface area (Å²) >= 11 is 0. The van der Waals surface area contributed by atoms with E-state index in [-0.39, 0.29) is 18.6 Å². The van der Waals surface area contributed by atoms with E-state index in [0.29, 0.717) is 18.8 Å². The van der Waals surface area contributed by atoms with Crippen molar-refractivity contribution < 1.29 is 14.6 Å². The van der Waals surface area contributed by atoms with Crippen molar-refractivity contribution in [2.75, 3.05) is 19.7 Å². The van der Waals surface area contributed by atoms with Gasteiger partial charge in [0.05, 0.1) is 18.3 Å². The lowest BCUT2D eigenvalue weighted by Crippen LogP contribution is -2.55. The lowest BCUT2D eigenvalue weighted by molar-refractivity contribution is -0.139. The highest BCUT2D eigenvalue weighted by Gasteiger charge is 2.36. The Morgan fingerprint density at radius 2 is 2.32 bits per heavy atom. The molecule has 1 saturated heterocycles. The van der Waals surface area contributed by atoms with E-state index >= 15 is 0 Å². The van der Waals surface area contributed by atoms with E-state index in [1.54, 1.807) is 4.90 Å². The molecule has 1 amide bonds. The number of carbonyl (C=O) groups excluding carboxylic acids is 1. The Hall–Kier alpha value is -1.33. The average Bonchev–Trinajstić information content (AvgIpc) is 2.84. The largest absolute Gasteiger partial charge is 0.394 e. The van der Waals surface area contributed by atoms with Gasteiger partial charge in [-0.2, -0.15) is 0 Å². The lowest BCUT2D eigenvalue weighted by Gasteiger charge is -2.42. The summed E-state index contributed by atoms with van der Waals surface area (Å²) < 4.78 is 7.66. The van der Waals surface area contributed by atoms with E-state index in [1.807, 2.05) is 43.7 Å². The van der Waals surface area contributed by atoms with Crippen molar-refractivity contribution in [2.24, 2.45) is 0 Å². The second-order valence-corrected chi connectivity index (χ2v) is 5.55. The Kier molecular flexibility index (Phi) is 3.96. The van der Waals surface area contributed by atoms with Gasteiger partial charge in [-0.25, -0.2) is 0 Å². The predicted octanol–water partition coefficient (Wildman–Crippen LogP) is 1.12. The molecule has 1 unspecified atom stereocenters. The minimum absolute atomic E-state index is 0.00155. The van der Waals surface area contributed by atoms with Crippen LogP contribution >= 0.6 is 0 Å². The molecule has 2 heterocycles. The molecule has 1 aliphatic rings. The van der Waals surface area contributed by atoms with Crippen molar-refractivity contribution in [3.8, 4) is 0 Å². The molecule has 1 aromatic heterocycles. The van der Waals surface area contributed by atoms with E-state index in [0.717, 1.165) is 6.54 Å². The van der Waals surface area contributed by atoms with Gasteiger partial charge in [0.15, 0.2) is 0 Å². The monoisotopic (exact) mass is 266 g/mol. The molecular formula is C14H22N2O3. The number of aryl methyl sites for hydroxylation is 1. The molecule has 0 saturated carbocycles. The number of rotatable bonds is 3. The molecular weight excluding hydrogens is 244 g/mol. The van der Waals surface area contributed by atoms with Crippen LogP contribution in [0, 0.1) is 0 Å². The normalized spacial score (nSPS) is 22.5. The highest BCUT2D eigenvalue weighted by molar-refractivity contribution is 5.93. The van der Waals surface area contributed by atoms with E-state index < -0.39 is 5.60 Å². The van der Waals surface area contributed by atoms with E-state index in [9.17, 15) is 9.90 Å². The number of hydrogen-bond acceptors (Lipinski definition) is 3. The lowest BCUT2D eigenvalue weighted by atomic mass is 10.0. The maximum Gasteiger partial charge on any atom is 0.270 e. The van der Waals surface area contributed by atoms with Gasteiger partial charge in [0.1, 0.15) is 5.69 Å². The molecule has 1 aromatic rings. The van der Waals surface area contributed by atoms with Crippen molar-refractivity contribution in [1.82, 2.24) is 9.47 Å². The summed E-state index contributed by atoms with van der Waals surface area (Å²) in [5.74, 6) is 0.00155. The van der Waals surface area contributed by atoms with E-state index in [4.69, 9.17) is 4.74 Å². The van der Waals surface area contributed by atoms with Crippen LogP contribution in [-0.4, -0.2) is 51.9 Å². The molecule has 19 heavy (non-hydrogen) atoms. The van der Waals surface area contributed by atoms with Crippen LogP contribution in [-0.2, 0) is 11.3 Å². The van der Waals surface area contributed by atoms with Crippen molar-refractivity contribution in [3.05, 3.63) is 24.0 Å². The maximum absolute atomic E-state index is 12.6. The first-order chi connectivity index (χ1) is 8.96. The molecule has 106 valence electrons. The molecule has 0 aromatic carbocycles. The zero-order valence-corrected chi connectivity index (χ0v) is 11.8. The number of amides is 1. The van der Waals surface area contributed by atoms with E-state index in [2.05, 4.69) is 0 Å². The molecule has 0 spiro atoms. The standard InChI is InChI=1S/C14H22N2O3/c1-4-15-7-5-6-12(15)13(18)16-8-11(9-17)19-14(2,3)10-16/h5-7,11,17H,4,8-10H2,1-3H3. The Morgan fingerprint density at radius 1 is 1.58 bits per heavy atom. The number of aliphatic hydroxyl groups excluding tert-OH is 1. The van der Waals surface area contributed by atoms with Crippen molar-refractivity contribution in [2.45, 2.75) is 39.0 Å². The number of morpholine rings is 1. The van der Waals surface area contributed by atoms with Crippen LogP contribution in [0.2, 0.25) is 0 Å². The smallest absolute Gasteiger partial charge is 0.270 e. The molecule has 0 aliphatic carbocycles. The molecule has 2 rings (SSSR count). The topological polar surface area (TPSA) is 54.7 Å². The summed E-state index contributed by atoms with van der Waals surface area (Å²) in [4.78, 5) is 14.3. The van der Waals surface area contributed by atoms with Gasteiger partial charge in [0.25, 0.3) is 5.91 Å². The van der Waals surface area contributed by atoms with Crippen LogP contribution in [0.5, 0.6) is 0 Å². The van der Waals surface area contributed by atoms with Crippen LogP contribution in [0.3, 0.4) is 0 Å². The van der Waals surface area contributed by atoms with Gasteiger partial charge in [0.2, 0.25) is 0 Å². The maximum atomic E-state index is 12.6. The van der Waals surface area contributed by atoms with Gasteiger partial charge in [-0.3, -0.25) is 4.79 Å². The fourth-order valence-electron chi connectivity index (χ4n) is 2.59. The highest BCUT2D eigenvalue weighted by Crippen LogP contribution is 2.22.